The molecule has 0 radical (unpaired) electrons. The lowest BCUT2D eigenvalue weighted by Gasteiger charge is -2.38. The monoisotopic (exact) mass is 226 g/mol. The van der Waals surface area contributed by atoms with E-state index in [1.165, 1.54) is 0 Å². The van der Waals surface area contributed by atoms with Gasteiger partial charge in [-0.05, 0) is 0 Å². The highest BCUT2D eigenvalue weighted by molar-refractivity contribution is 5.89. The lowest BCUT2D eigenvalue weighted by Crippen LogP contribution is -2.49. The molecule has 0 aliphatic carbocycles. The summed E-state index contributed by atoms with van der Waals surface area (Å²) in [4.78, 5) is 24.7. The summed E-state index contributed by atoms with van der Waals surface area (Å²) < 4.78 is 5.12. The van der Waals surface area contributed by atoms with Crippen LogP contribution < -0.4 is 5.32 Å². The molecular formula is C11H18N2O3. The van der Waals surface area contributed by atoms with Gasteiger partial charge in [0.2, 0.25) is 11.8 Å². The van der Waals surface area contributed by atoms with Crippen molar-refractivity contribution in [3.63, 3.8) is 0 Å². The minimum absolute atomic E-state index is 0.00850. The standard InChI is InChI=1S/C11H18N2O3/c1-11(6-16-7-11)5-12-10(15)8-3-9(14)13(2)4-8/h8H,3-7H2,1-2H3,(H,12,15). The van der Waals surface area contributed by atoms with E-state index >= 15 is 0 Å². The summed E-state index contributed by atoms with van der Waals surface area (Å²) in [6.07, 6.45) is 0.343. The smallest absolute Gasteiger partial charge is 0.225 e. The molecule has 0 aromatic heterocycles. The summed E-state index contributed by atoms with van der Waals surface area (Å²) in [5.74, 6) is -0.133. The molecule has 0 bridgehead atoms. The molecule has 2 saturated heterocycles. The van der Waals surface area contributed by atoms with Crippen LogP contribution in [0.3, 0.4) is 0 Å². The molecule has 5 nitrogen and oxygen atoms in total. The van der Waals surface area contributed by atoms with Crippen LogP contribution in [0.25, 0.3) is 0 Å². The number of ether oxygens (including phenoxy) is 1. The summed E-state index contributed by atoms with van der Waals surface area (Å²) >= 11 is 0. The Balaban J connectivity index is 1.78. The number of rotatable bonds is 3. The fourth-order valence-corrected chi connectivity index (χ4v) is 2.04. The van der Waals surface area contributed by atoms with E-state index in [1.54, 1.807) is 11.9 Å². The highest BCUT2D eigenvalue weighted by Crippen LogP contribution is 2.25. The molecule has 0 spiro atoms. The molecule has 1 atom stereocenters. The van der Waals surface area contributed by atoms with Gasteiger partial charge in [0.05, 0.1) is 19.1 Å². The Morgan fingerprint density at radius 2 is 2.31 bits per heavy atom. The highest BCUT2D eigenvalue weighted by Gasteiger charge is 2.36. The third kappa shape index (κ3) is 2.19. The molecule has 0 aromatic carbocycles. The Morgan fingerprint density at radius 3 is 2.75 bits per heavy atom. The van der Waals surface area contributed by atoms with Gasteiger partial charge in [-0.25, -0.2) is 0 Å². The fraction of sp³-hybridized carbons (Fsp3) is 0.818. The van der Waals surface area contributed by atoms with E-state index in [0.717, 1.165) is 0 Å². The SMILES string of the molecule is CN1CC(C(=O)NCC2(C)COC2)CC1=O. The topological polar surface area (TPSA) is 58.6 Å². The summed E-state index contributed by atoms with van der Waals surface area (Å²) in [6, 6.07) is 0. The number of nitrogens with one attached hydrogen (secondary N) is 1. The Kier molecular flexibility index (Phi) is 2.88. The molecule has 2 aliphatic rings. The molecule has 0 saturated carbocycles. The van der Waals surface area contributed by atoms with E-state index in [0.29, 0.717) is 32.7 Å². The first kappa shape index (κ1) is 11.4. The molecule has 16 heavy (non-hydrogen) atoms. The Bertz CT molecular complexity index is 312. The number of hydrogen-bond acceptors (Lipinski definition) is 3. The average Bonchev–Trinajstić information content (AvgIpc) is 2.53. The summed E-state index contributed by atoms with van der Waals surface area (Å²) in [6.45, 7) is 4.67. The Hall–Kier alpha value is -1.10. The van der Waals surface area contributed by atoms with E-state index < -0.39 is 0 Å². The lowest BCUT2D eigenvalue weighted by molar-refractivity contribution is -0.131. The van der Waals surface area contributed by atoms with Crippen molar-refractivity contribution in [1.29, 1.82) is 0 Å². The van der Waals surface area contributed by atoms with Crippen molar-refractivity contribution >= 4 is 11.8 Å². The molecule has 1 unspecified atom stereocenters. The zero-order valence-corrected chi connectivity index (χ0v) is 9.78. The maximum absolute atomic E-state index is 11.8. The average molecular weight is 226 g/mol. The number of amides is 2. The second kappa shape index (κ2) is 4.05. The third-order valence-electron chi connectivity index (χ3n) is 3.30. The Labute approximate surface area is 95.1 Å². The molecule has 2 fully saturated rings. The minimum Gasteiger partial charge on any atom is -0.380 e. The van der Waals surface area contributed by atoms with Crippen molar-refractivity contribution in [3.8, 4) is 0 Å². The van der Waals surface area contributed by atoms with Crippen LogP contribution in [0.5, 0.6) is 0 Å². The summed E-state index contributed by atoms with van der Waals surface area (Å²) in [5.41, 5.74) is 0.0875. The van der Waals surface area contributed by atoms with Crippen molar-refractivity contribution in [2.24, 2.45) is 11.3 Å². The maximum Gasteiger partial charge on any atom is 0.225 e. The van der Waals surface area contributed by atoms with Crippen LogP contribution in [0, 0.1) is 11.3 Å². The van der Waals surface area contributed by atoms with Crippen molar-refractivity contribution in [2.75, 3.05) is 33.4 Å². The van der Waals surface area contributed by atoms with Crippen molar-refractivity contribution < 1.29 is 14.3 Å². The third-order valence-corrected chi connectivity index (χ3v) is 3.30. The molecule has 5 heteroatoms. The summed E-state index contributed by atoms with van der Waals surface area (Å²) in [5, 5.41) is 2.91. The van der Waals surface area contributed by atoms with Crippen LogP contribution in [0.2, 0.25) is 0 Å². The van der Waals surface area contributed by atoms with E-state index in [2.05, 4.69) is 12.2 Å². The molecule has 2 heterocycles. The van der Waals surface area contributed by atoms with Crippen molar-refractivity contribution in [3.05, 3.63) is 0 Å². The van der Waals surface area contributed by atoms with Gasteiger partial charge in [-0.3, -0.25) is 9.59 Å². The zero-order valence-electron chi connectivity index (χ0n) is 9.78. The number of carbonyl (C=O) groups excluding carboxylic acids is 2. The van der Waals surface area contributed by atoms with Crippen molar-refractivity contribution in [2.45, 2.75) is 13.3 Å². The Morgan fingerprint density at radius 1 is 1.62 bits per heavy atom. The quantitative estimate of drug-likeness (QED) is 0.713. The second-order valence-electron chi connectivity index (χ2n) is 5.20. The molecule has 2 aliphatic heterocycles. The van der Waals surface area contributed by atoms with Gasteiger partial charge in [-0.1, -0.05) is 6.92 Å². The van der Waals surface area contributed by atoms with Gasteiger partial charge in [0.1, 0.15) is 0 Å². The van der Waals surface area contributed by atoms with Crippen LogP contribution in [0.1, 0.15) is 13.3 Å². The van der Waals surface area contributed by atoms with Crippen LogP contribution in [0.15, 0.2) is 0 Å². The first-order valence-electron chi connectivity index (χ1n) is 5.60. The predicted molar refractivity (Wildman–Crippen MR) is 57.7 cm³/mol. The highest BCUT2D eigenvalue weighted by atomic mass is 16.5. The van der Waals surface area contributed by atoms with Gasteiger partial charge in [0.15, 0.2) is 0 Å². The van der Waals surface area contributed by atoms with Gasteiger partial charge < -0.3 is 15.0 Å². The van der Waals surface area contributed by atoms with Crippen LogP contribution in [-0.4, -0.2) is 50.1 Å². The van der Waals surface area contributed by atoms with E-state index in [9.17, 15) is 9.59 Å². The minimum atomic E-state index is -0.179. The number of nitrogens with zero attached hydrogens (tertiary/aromatic N) is 1. The first-order valence-corrected chi connectivity index (χ1v) is 5.60. The van der Waals surface area contributed by atoms with Crippen LogP contribution in [-0.2, 0) is 14.3 Å². The van der Waals surface area contributed by atoms with E-state index in [4.69, 9.17) is 4.74 Å². The molecule has 2 rings (SSSR count). The van der Waals surface area contributed by atoms with Gasteiger partial charge in [-0.2, -0.15) is 0 Å². The number of carbonyl (C=O) groups is 2. The van der Waals surface area contributed by atoms with Crippen LogP contribution >= 0.6 is 0 Å². The van der Waals surface area contributed by atoms with E-state index in [1.807, 2.05) is 0 Å². The molecule has 2 amide bonds. The van der Waals surface area contributed by atoms with Gasteiger partial charge >= 0.3 is 0 Å². The van der Waals surface area contributed by atoms with Gasteiger partial charge in [0, 0.05) is 32.0 Å². The zero-order chi connectivity index (χ0) is 11.8. The molecular weight excluding hydrogens is 208 g/mol. The number of hydrogen-bond donors (Lipinski definition) is 1. The van der Waals surface area contributed by atoms with E-state index in [-0.39, 0.29) is 23.1 Å². The molecule has 90 valence electrons. The normalized spacial score (nSPS) is 27.8. The largest absolute Gasteiger partial charge is 0.380 e. The van der Waals surface area contributed by atoms with Gasteiger partial charge in [-0.15, -0.1) is 0 Å². The lowest BCUT2D eigenvalue weighted by atomic mass is 9.88. The maximum atomic E-state index is 11.8. The van der Waals surface area contributed by atoms with Crippen LogP contribution in [0.4, 0.5) is 0 Å². The summed E-state index contributed by atoms with van der Waals surface area (Å²) in [7, 11) is 1.73. The second-order valence-corrected chi connectivity index (χ2v) is 5.20. The first-order chi connectivity index (χ1) is 7.50. The molecule has 0 aromatic rings. The van der Waals surface area contributed by atoms with Gasteiger partial charge in [0.25, 0.3) is 0 Å². The van der Waals surface area contributed by atoms with Crippen molar-refractivity contribution in [1.82, 2.24) is 10.2 Å². The predicted octanol–water partition coefficient (Wildman–Crippen LogP) is -0.383. The molecule has 1 N–H and O–H groups in total. The number of likely N-dealkylation sites (tertiary alicyclic amines) is 1. The fourth-order valence-electron chi connectivity index (χ4n) is 2.04.